The van der Waals surface area contributed by atoms with Crippen molar-refractivity contribution >= 4 is 11.8 Å². The summed E-state index contributed by atoms with van der Waals surface area (Å²) in [5.74, 6) is 1.28. The van der Waals surface area contributed by atoms with Crippen molar-refractivity contribution in [1.82, 2.24) is 0 Å². The number of hydrogen-bond acceptors (Lipinski definition) is 2. The zero-order valence-electron chi connectivity index (χ0n) is 7.79. The molecule has 1 aliphatic carbocycles. The Bertz CT molecular complexity index is 305. The summed E-state index contributed by atoms with van der Waals surface area (Å²) in [5, 5.41) is 9.36. The Morgan fingerprint density at radius 2 is 2.23 bits per heavy atom. The Balaban J connectivity index is 2.22. The number of benzene rings is 1. The van der Waals surface area contributed by atoms with E-state index < -0.39 is 0 Å². The van der Waals surface area contributed by atoms with Gasteiger partial charge in [0.1, 0.15) is 5.75 Å². The van der Waals surface area contributed by atoms with Crippen molar-refractivity contribution in [2.45, 2.75) is 24.2 Å². The minimum Gasteiger partial charge on any atom is -0.508 e. The molecule has 0 heterocycles. The highest BCUT2D eigenvalue weighted by Gasteiger charge is 2.22. The summed E-state index contributed by atoms with van der Waals surface area (Å²) < 4.78 is 0. The Kier molecular flexibility index (Phi) is 2.49. The van der Waals surface area contributed by atoms with Gasteiger partial charge >= 0.3 is 0 Å². The molecule has 13 heavy (non-hydrogen) atoms. The summed E-state index contributed by atoms with van der Waals surface area (Å²) in [6.07, 6.45) is 5.96. The topological polar surface area (TPSA) is 20.2 Å². The van der Waals surface area contributed by atoms with Crippen molar-refractivity contribution < 1.29 is 5.11 Å². The molecule has 1 aliphatic rings. The van der Waals surface area contributed by atoms with Gasteiger partial charge in [-0.1, -0.05) is 0 Å². The van der Waals surface area contributed by atoms with Crippen LogP contribution in [0.3, 0.4) is 0 Å². The van der Waals surface area contributed by atoms with E-state index in [1.807, 2.05) is 12.1 Å². The lowest BCUT2D eigenvalue weighted by Crippen LogP contribution is -1.89. The van der Waals surface area contributed by atoms with Gasteiger partial charge in [-0.2, -0.15) is 0 Å². The van der Waals surface area contributed by atoms with Crippen molar-refractivity contribution in [3.8, 4) is 5.75 Å². The predicted molar refractivity (Wildman–Crippen MR) is 56.3 cm³/mol. The van der Waals surface area contributed by atoms with E-state index in [9.17, 15) is 5.11 Å². The summed E-state index contributed by atoms with van der Waals surface area (Å²) in [4.78, 5) is 1.31. The van der Waals surface area contributed by atoms with Crippen LogP contribution in [0.2, 0.25) is 0 Å². The minimum atomic E-state index is 0.397. The molecule has 0 amide bonds. The molecular weight excluding hydrogens is 180 g/mol. The van der Waals surface area contributed by atoms with Crippen LogP contribution in [0.5, 0.6) is 5.75 Å². The first kappa shape index (κ1) is 8.95. The van der Waals surface area contributed by atoms with Crippen LogP contribution < -0.4 is 0 Å². The van der Waals surface area contributed by atoms with Gasteiger partial charge in [0.15, 0.2) is 0 Å². The van der Waals surface area contributed by atoms with Gasteiger partial charge in [-0.25, -0.2) is 0 Å². The van der Waals surface area contributed by atoms with E-state index in [2.05, 4.69) is 6.26 Å². The quantitative estimate of drug-likeness (QED) is 0.746. The number of aromatic hydroxyl groups is 1. The number of hydrogen-bond donors (Lipinski definition) is 1. The molecule has 0 bridgehead atoms. The molecule has 0 spiro atoms. The maximum absolute atomic E-state index is 9.36. The molecule has 1 saturated carbocycles. The van der Waals surface area contributed by atoms with E-state index in [0.29, 0.717) is 5.75 Å². The van der Waals surface area contributed by atoms with E-state index in [-0.39, 0.29) is 0 Å². The van der Waals surface area contributed by atoms with E-state index >= 15 is 0 Å². The summed E-state index contributed by atoms with van der Waals surface area (Å²) in [5.41, 5.74) is 1.31. The van der Waals surface area contributed by atoms with Crippen molar-refractivity contribution in [1.29, 1.82) is 0 Å². The average Bonchev–Trinajstić information content (AvgIpc) is 2.89. The Morgan fingerprint density at radius 1 is 1.46 bits per heavy atom. The van der Waals surface area contributed by atoms with Gasteiger partial charge in [0, 0.05) is 4.90 Å². The van der Waals surface area contributed by atoms with Gasteiger partial charge in [0.25, 0.3) is 0 Å². The van der Waals surface area contributed by atoms with Crippen LogP contribution in [0, 0.1) is 5.92 Å². The lowest BCUT2D eigenvalue weighted by atomic mass is 10.1. The first-order valence-corrected chi connectivity index (χ1v) is 5.88. The van der Waals surface area contributed by atoms with Crippen LogP contribution in [0.25, 0.3) is 0 Å². The smallest absolute Gasteiger partial charge is 0.115 e. The lowest BCUT2D eigenvalue weighted by molar-refractivity contribution is 0.473. The molecule has 0 aliphatic heterocycles. The highest BCUT2D eigenvalue weighted by molar-refractivity contribution is 7.98. The maximum atomic E-state index is 9.36. The van der Waals surface area contributed by atoms with Gasteiger partial charge < -0.3 is 5.11 Å². The largest absolute Gasteiger partial charge is 0.508 e. The first-order chi connectivity index (χ1) is 6.29. The summed E-state index contributed by atoms with van der Waals surface area (Å²) in [6.45, 7) is 0. The summed E-state index contributed by atoms with van der Waals surface area (Å²) >= 11 is 1.76. The van der Waals surface area contributed by atoms with Gasteiger partial charge in [-0.3, -0.25) is 0 Å². The maximum Gasteiger partial charge on any atom is 0.115 e. The number of rotatable bonds is 3. The predicted octanol–water partition coefficient (Wildman–Crippen LogP) is 3.07. The molecule has 1 nitrogen and oxygen atoms in total. The molecule has 0 unspecified atom stereocenters. The highest BCUT2D eigenvalue weighted by atomic mass is 32.2. The third-order valence-corrected chi connectivity index (χ3v) is 3.31. The average molecular weight is 194 g/mol. The van der Waals surface area contributed by atoms with Gasteiger partial charge in [-0.15, -0.1) is 11.8 Å². The van der Waals surface area contributed by atoms with Crippen LogP contribution >= 0.6 is 11.8 Å². The molecule has 1 aromatic carbocycles. The lowest BCUT2D eigenvalue weighted by Gasteiger charge is -2.06. The van der Waals surface area contributed by atoms with Crippen LogP contribution in [0.1, 0.15) is 18.4 Å². The first-order valence-electron chi connectivity index (χ1n) is 4.65. The second-order valence-electron chi connectivity index (χ2n) is 3.64. The van der Waals surface area contributed by atoms with Gasteiger partial charge in [0.2, 0.25) is 0 Å². The fourth-order valence-corrected chi connectivity index (χ4v) is 2.17. The fourth-order valence-electron chi connectivity index (χ4n) is 1.56. The van der Waals surface area contributed by atoms with E-state index in [0.717, 1.165) is 12.3 Å². The Labute approximate surface area is 83.2 Å². The van der Waals surface area contributed by atoms with Crippen molar-refractivity contribution in [2.75, 3.05) is 6.26 Å². The SMILES string of the molecule is CSc1ccc(O)cc1CC1CC1. The zero-order chi connectivity index (χ0) is 9.26. The highest BCUT2D eigenvalue weighted by Crippen LogP contribution is 2.36. The third-order valence-electron chi connectivity index (χ3n) is 2.47. The third kappa shape index (κ3) is 2.19. The second kappa shape index (κ2) is 3.62. The van der Waals surface area contributed by atoms with Crippen molar-refractivity contribution in [3.05, 3.63) is 23.8 Å². The molecule has 1 fully saturated rings. The van der Waals surface area contributed by atoms with Gasteiger partial charge in [0.05, 0.1) is 0 Å². The van der Waals surface area contributed by atoms with Crippen LogP contribution in [-0.2, 0) is 6.42 Å². The van der Waals surface area contributed by atoms with Crippen LogP contribution in [0.4, 0.5) is 0 Å². The van der Waals surface area contributed by atoms with Crippen LogP contribution in [-0.4, -0.2) is 11.4 Å². The monoisotopic (exact) mass is 194 g/mol. The van der Waals surface area contributed by atoms with Gasteiger partial charge in [-0.05, 0) is 55.2 Å². The molecule has 0 aromatic heterocycles. The van der Waals surface area contributed by atoms with Crippen molar-refractivity contribution in [3.63, 3.8) is 0 Å². The Hall–Kier alpha value is -0.630. The number of phenols is 1. The summed E-state index contributed by atoms with van der Waals surface area (Å²) in [7, 11) is 0. The fraction of sp³-hybridized carbons (Fsp3) is 0.455. The minimum absolute atomic E-state index is 0.397. The normalized spacial score (nSPS) is 16.1. The molecule has 2 heteroatoms. The molecule has 1 aromatic rings. The van der Waals surface area contributed by atoms with E-state index in [1.54, 1.807) is 17.8 Å². The van der Waals surface area contributed by atoms with Crippen LogP contribution in [0.15, 0.2) is 23.1 Å². The Morgan fingerprint density at radius 3 is 2.85 bits per heavy atom. The molecule has 1 N–H and O–H groups in total. The molecule has 70 valence electrons. The molecule has 0 radical (unpaired) electrons. The van der Waals surface area contributed by atoms with E-state index in [4.69, 9.17) is 0 Å². The molecule has 2 rings (SSSR count). The number of phenolic OH excluding ortho intramolecular Hbond substituents is 1. The summed E-state index contributed by atoms with van der Waals surface area (Å²) in [6, 6.07) is 5.68. The molecule has 0 atom stereocenters. The molecule has 0 saturated heterocycles. The number of thioether (sulfide) groups is 1. The standard InChI is InChI=1S/C11H14OS/c1-13-11-5-4-10(12)7-9(11)6-8-2-3-8/h4-5,7-8,12H,2-3,6H2,1H3. The molecular formula is C11H14OS. The zero-order valence-corrected chi connectivity index (χ0v) is 8.60. The van der Waals surface area contributed by atoms with Crippen molar-refractivity contribution in [2.24, 2.45) is 5.92 Å². The van der Waals surface area contributed by atoms with E-state index in [1.165, 1.54) is 23.3 Å². The second-order valence-corrected chi connectivity index (χ2v) is 4.49.